The maximum Gasteiger partial charge on any atom is 0.407 e. The van der Waals surface area contributed by atoms with Gasteiger partial charge in [0.25, 0.3) is 11.8 Å². The lowest BCUT2D eigenvalue weighted by molar-refractivity contribution is 0.0523. The Labute approximate surface area is 237 Å². The number of imidazole rings is 1. The van der Waals surface area contributed by atoms with E-state index in [-0.39, 0.29) is 22.9 Å². The van der Waals surface area contributed by atoms with Gasteiger partial charge in [-0.1, -0.05) is 23.2 Å². The first-order chi connectivity index (χ1) is 18.4. The molecular weight excluding hydrogens is 541 g/mol. The van der Waals surface area contributed by atoms with E-state index in [1.807, 2.05) is 13.0 Å². The van der Waals surface area contributed by atoms with Crippen molar-refractivity contribution in [2.45, 2.75) is 64.6 Å². The highest BCUT2D eigenvalue weighted by Gasteiger charge is 2.30. The zero-order valence-corrected chi connectivity index (χ0v) is 23.9. The quantitative estimate of drug-likeness (QED) is 0.326. The molecule has 11 heteroatoms. The topological polar surface area (TPSA) is 116 Å². The number of hydrogen-bond donors (Lipinski definition) is 3. The number of nitrogens with one attached hydrogen (secondary N) is 3. The van der Waals surface area contributed by atoms with Gasteiger partial charge in [-0.2, -0.15) is 0 Å². The van der Waals surface area contributed by atoms with Crippen LogP contribution in [0.5, 0.6) is 0 Å². The van der Waals surface area contributed by atoms with Gasteiger partial charge in [-0.3, -0.25) is 9.59 Å². The number of benzene rings is 2. The van der Waals surface area contributed by atoms with Gasteiger partial charge in [-0.25, -0.2) is 9.78 Å². The maximum absolute atomic E-state index is 13.3. The van der Waals surface area contributed by atoms with Gasteiger partial charge in [0, 0.05) is 29.7 Å². The zero-order valence-electron chi connectivity index (χ0n) is 22.4. The third-order valence-corrected chi connectivity index (χ3v) is 7.01. The molecule has 1 aliphatic rings. The van der Waals surface area contributed by atoms with E-state index in [0.717, 1.165) is 23.9 Å². The minimum Gasteiger partial charge on any atom is -0.444 e. The number of nitrogens with zero attached hydrogens (tertiary/aromatic N) is 2. The van der Waals surface area contributed by atoms with Crippen molar-refractivity contribution in [3.05, 3.63) is 63.4 Å². The summed E-state index contributed by atoms with van der Waals surface area (Å²) in [5.41, 5.74) is 1.64. The third-order valence-electron chi connectivity index (χ3n) is 6.47. The summed E-state index contributed by atoms with van der Waals surface area (Å²) in [6.07, 6.45) is 1.84. The predicted molar refractivity (Wildman–Crippen MR) is 151 cm³/mol. The van der Waals surface area contributed by atoms with Crippen LogP contribution in [-0.4, -0.2) is 57.5 Å². The van der Waals surface area contributed by atoms with Crippen LogP contribution in [0.1, 0.15) is 79.5 Å². The van der Waals surface area contributed by atoms with Gasteiger partial charge < -0.3 is 25.3 Å². The average molecular weight is 575 g/mol. The van der Waals surface area contributed by atoms with Crippen LogP contribution in [-0.2, 0) is 4.74 Å². The van der Waals surface area contributed by atoms with E-state index in [9.17, 15) is 14.4 Å². The Morgan fingerprint density at radius 1 is 1.18 bits per heavy atom. The average Bonchev–Trinajstić information content (AvgIpc) is 3.49. The Hall–Kier alpha value is -3.30. The van der Waals surface area contributed by atoms with Gasteiger partial charge in [0.1, 0.15) is 11.4 Å². The molecule has 3 amide bonds. The Morgan fingerprint density at radius 2 is 1.95 bits per heavy atom. The second-order valence-corrected chi connectivity index (χ2v) is 11.5. The molecule has 1 aliphatic heterocycles. The van der Waals surface area contributed by atoms with Gasteiger partial charge in [0.05, 0.1) is 27.7 Å². The summed E-state index contributed by atoms with van der Waals surface area (Å²) in [7, 11) is 0. The Kier molecular flexibility index (Phi) is 8.71. The molecule has 4 rings (SSSR count). The summed E-state index contributed by atoms with van der Waals surface area (Å²) < 4.78 is 5.27. The van der Waals surface area contributed by atoms with Crippen LogP contribution < -0.4 is 10.6 Å². The third kappa shape index (κ3) is 7.22. The molecule has 0 spiro atoms. The van der Waals surface area contributed by atoms with Crippen LogP contribution in [0.4, 0.5) is 4.79 Å². The van der Waals surface area contributed by atoms with Crippen molar-refractivity contribution in [1.82, 2.24) is 25.5 Å². The monoisotopic (exact) mass is 573 g/mol. The summed E-state index contributed by atoms with van der Waals surface area (Å²) in [5.74, 6) is 0.0647. The van der Waals surface area contributed by atoms with E-state index < -0.39 is 17.7 Å². The highest BCUT2D eigenvalue weighted by Crippen LogP contribution is 2.27. The van der Waals surface area contributed by atoms with Crippen LogP contribution >= 0.6 is 23.2 Å². The largest absolute Gasteiger partial charge is 0.444 e. The number of alkyl carbamates (subject to hydrolysis) is 1. The summed E-state index contributed by atoms with van der Waals surface area (Å²) in [4.78, 5) is 47.7. The van der Waals surface area contributed by atoms with Crippen LogP contribution in [0, 0.1) is 0 Å². The highest BCUT2D eigenvalue weighted by atomic mass is 35.5. The summed E-state index contributed by atoms with van der Waals surface area (Å²) in [6, 6.07) is 9.60. The molecule has 1 fully saturated rings. The molecule has 2 atom stereocenters. The number of likely N-dealkylation sites (tertiary alicyclic amines) is 1. The molecule has 0 radical (unpaired) electrons. The fourth-order valence-electron chi connectivity index (χ4n) is 4.60. The molecule has 3 aromatic rings. The molecule has 0 unspecified atom stereocenters. The van der Waals surface area contributed by atoms with Crippen LogP contribution in [0.25, 0.3) is 11.0 Å². The van der Waals surface area contributed by atoms with Crippen molar-refractivity contribution in [1.29, 1.82) is 0 Å². The number of carbonyl (C=O) groups is 3. The number of halogens is 2. The number of aromatic nitrogens is 2. The first-order valence-electron chi connectivity index (χ1n) is 12.9. The summed E-state index contributed by atoms with van der Waals surface area (Å²) in [5, 5.41) is 6.46. The van der Waals surface area contributed by atoms with E-state index in [4.69, 9.17) is 27.9 Å². The fraction of sp³-hybridized carbons (Fsp3) is 0.429. The molecule has 2 heterocycles. The number of H-pyrrole nitrogens is 1. The lowest BCUT2D eigenvalue weighted by atomic mass is 10.1. The number of fused-ring (bicyclic) bond motifs is 1. The van der Waals surface area contributed by atoms with Gasteiger partial charge in [0.15, 0.2) is 0 Å². The molecule has 208 valence electrons. The first-order valence-corrected chi connectivity index (χ1v) is 13.7. The predicted octanol–water partition coefficient (Wildman–Crippen LogP) is 5.88. The number of aromatic amines is 1. The summed E-state index contributed by atoms with van der Waals surface area (Å²) >= 11 is 12.5. The molecule has 0 aliphatic carbocycles. The molecule has 1 saturated heterocycles. The van der Waals surface area contributed by atoms with E-state index in [1.165, 1.54) is 6.07 Å². The number of carbonyl (C=O) groups excluding carboxylic acids is 3. The van der Waals surface area contributed by atoms with Gasteiger partial charge >= 0.3 is 6.09 Å². The smallest absolute Gasteiger partial charge is 0.407 e. The lowest BCUT2D eigenvalue weighted by Crippen LogP contribution is -2.39. The molecule has 2 aromatic carbocycles. The van der Waals surface area contributed by atoms with E-state index >= 15 is 0 Å². The first kappa shape index (κ1) is 28.7. The van der Waals surface area contributed by atoms with Gasteiger partial charge in [-0.15, -0.1) is 0 Å². The van der Waals surface area contributed by atoms with Crippen molar-refractivity contribution >= 4 is 52.1 Å². The standard InChI is InChI=1S/C28H33Cl2N5O4/c1-16(24-33-22-10-8-18(29)15-23(22)34-24)32-25(36)17-7-9-20(21(30)14-17)26(37)35-13-5-6-19(35)11-12-31-27(38)39-28(2,3)4/h7-10,14-16,19H,5-6,11-13H2,1-4H3,(H,31,38)(H,32,36)(H,33,34)/t16-,19-/m0/s1. The van der Waals surface area contributed by atoms with Crippen LogP contribution in [0.15, 0.2) is 36.4 Å². The molecular formula is C28H33Cl2N5O4. The summed E-state index contributed by atoms with van der Waals surface area (Å²) in [6.45, 7) is 8.24. The Bertz CT molecular complexity index is 1380. The minimum atomic E-state index is -0.570. The van der Waals surface area contributed by atoms with Crippen molar-refractivity contribution < 1.29 is 19.1 Å². The normalized spacial score (nSPS) is 16.3. The second-order valence-electron chi connectivity index (χ2n) is 10.7. The number of rotatable bonds is 7. The highest BCUT2D eigenvalue weighted by molar-refractivity contribution is 6.34. The molecule has 9 nitrogen and oxygen atoms in total. The lowest BCUT2D eigenvalue weighted by Gasteiger charge is -2.26. The Balaban J connectivity index is 1.36. The molecule has 0 bridgehead atoms. The maximum atomic E-state index is 13.3. The van der Waals surface area contributed by atoms with Crippen molar-refractivity contribution in [2.24, 2.45) is 0 Å². The Morgan fingerprint density at radius 3 is 2.67 bits per heavy atom. The van der Waals surface area contributed by atoms with E-state index in [1.54, 1.807) is 49.9 Å². The van der Waals surface area contributed by atoms with Crippen LogP contribution in [0.2, 0.25) is 10.0 Å². The SMILES string of the molecule is C[C@H](NC(=O)c1ccc(C(=O)N2CCC[C@H]2CCNC(=O)OC(C)(C)C)c(Cl)c1)c1nc2ccc(Cl)cc2[nH]1. The number of hydrogen-bond acceptors (Lipinski definition) is 5. The van der Waals surface area contributed by atoms with Crippen molar-refractivity contribution in [2.75, 3.05) is 13.1 Å². The fourth-order valence-corrected chi connectivity index (χ4v) is 5.03. The van der Waals surface area contributed by atoms with Crippen molar-refractivity contribution in [3.8, 4) is 0 Å². The molecule has 0 saturated carbocycles. The number of amides is 3. The number of ether oxygens (including phenoxy) is 1. The van der Waals surface area contributed by atoms with Gasteiger partial charge in [-0.05, 0) is 83.4 Å². The van der Waals surface area contributed by atoms with Crippen LogP contribution in [0.3, 0.4) is 0 Å². The zero-order chi connectivity index (χ0) is 28.3. The molecule has 39 heavy (non-hydrogen) atoms. The molecule has 1 aromatic heterocycles. The minimum absolute atomic E-state index is 0.0222. The second kappa shape index (κ2) is 11.8. The van der Waals surface area contributed by atoms with Gasteiger partial charge in [0.2, 0.25) is 0 Å². The van der Waals surface area contributed by atoms with Crippen molar-refractivity contribution in [3.63, 3.8) is 0 Å². The van der Waals surface area contributed by atoms with E-state index in [0.29, 0.717) is 41.5 Å². The molecule has 3 N–H and O–H groups in total. The van der Waals surface area contributed by atoms with E-state index in [2.05, 4.69) is 20.6 Å².